The number of ether oxygens (including phenoxy) is 2. The molecule has 1 aliphatic rings. The lowest BCUT2D eigenvalue weighted by atomic mass is 10.1. The van der Waals surface area contributed by atoms with E-state index in [1.54, 1.807) is 13.3 Å². The molecular weight excluding hydrogens is 366 g/mol. The first-order chi connectivity index (χ1) is 14.3. The van der Waals surface area contributed by atoms with Crippen LogP contribution in [0.5, 0.6) is 11.5 Å². The van der Waals surface area contributed by atoms with Gasteiger partial charge in [0.1, 0.15) is 5.82 Å². The Labute approximate surface area is 171 Å². The highest BCUT2D eigenvalue weighted by atomic mass is 16.5. The first-order valence-electron chi connectivity index (χ1n) is 10.3. The van der Waals surface area contributed by atoms with Crippen molar-refractivity contribution in [3.63, 3.8) is 0 Å². The van der Waals surface area contributed by atoms with Crippen LogP contribution in [-0.2, 0) is 6.54 Å². The van der Waals surface area contributed by atoms with E-state index in [1.165, 1.54) is 0 Å². The van der Waals surface area contributed by atoms with Gasteiger partial charge in [0, 0.05) is 50.5 Å². The summed E-state index contributed by atoms with van der Waals surface area (Å²) in [5.41, 5.74) is 0.979. The fraction of sp³-hybridized carbons (Fsp3) is 0.455. The molecule has 154 valence electrons. The number of benzene rings is 1. The number of methoxy groups -OCH3 is 1. The van der Waals surface area contributed by atoms with Crippen LogP contribution in [0.4, 0.5) is 0 Å². The topological polar surface area (TPSA) is 57.3 Å². The summed E-state index contributed by atoms with van der Waals surface area (Å²) in [6.07, 6.45) is 11.6. The largest absolute Gasteiger partial charge is 0.493 e. The molecule has 0 radical (unpaired) electrons. The average Bonchev–Trinajstić information content (AvgIpc) is 3.52. The van der Waals surface area contributed by atoms with Crippen LogP contribution < -0.4 is 9.47 Å². The number of hydrogen-bond acceptors (Lipinski definition) is 5. The van der Waals surface area contributed by atoms with E-state index in [-0.39, 0.29) is 0 Å². The lowest BCUT2D eigenvalue weighted by Gasteiger charge is -2.19. The number of likely N-dealkylation sites (tertiary alicyclic amines) is 1. The lowest BCUT2D eigenvalue weighted by molar-refractivity contribution is 0.283. The van der Waals surface area contributed by atoms with Gasteiger partial charge in [-0.2, -0.15) is 0 Å². The summed E-state index contributed by atoms with van der Waals surface area (Å²) in [7, 11) is 1.68. The number of para-hydroxylation sites is 1. The molecule has 1 saturated heterocycles. The molecule has 0 amide bonds. The fourth-order valence-electron chi connectivity index (χ4n) is 3.98. The number of nitrogens with zero attached hydrogens (tertiary/aromatic N) is 5. The van der Waals surface area contributed by atoms with E-state index in [0.29, 0.717) is 12.6 Å². The van der Waals surface area contributed by atoms with Crippen LogP contribution in [0.1, 0.15) is 25.8 Å². The maximum atomic E-state index is 6.22. The standard InChI is InChI=1S/C22H29N5O2/c1-3-25-12-8-18(16-25)27-14-10-24-22(27)19-6-4-7-20(28-2)21(19)29-15-5-11-26-13-9-23-17-26/h4,6-7,9-10,13-14,17-18H,3,5,8,11-12,15-16H2,1-2H3. The van der Waals surface area contributed by atoms with Gasteiger partial charge >= 0.3 is 0 Å². The van der Waals surface area contributed by atoms with Crippen LogP contribution in [0.15, 0.2) is 49.3 Å². The fourth-order valence-corrected chi connectivity index (χ4v) is 3.98. The SMILES string of the molecule is CCN1CCC(n2ccnc2-c2cccc(OC)c2OCCCn2ccnc2)C1. The molecule has 0 spiro atoms. The Hall–Kier alpha value is -2.80. The molecule has 0 N–H and O–H groups in total. The minimum absolute atomic E-state index is 0.438. The van der Waals surface area contributed by atoms with Gasteiger partial charge in [0.15, 0.2) is 11.5 Å². The average molecular weight is 396 g/mol. The zero-order chi connectivity index (χ0) is 20.1. The van der Waals surface area contributed by atoms with Crippen LogP contribution >= 0.6 is 0 Å². The number of imidazole rings is 2. The minimum Gasteiger partial charge on any atom is -0.493 e. The van der Waals surface area contributed by atoms with E-state index in [9.17, 15) is 0 Å². The predicted molar refractivity (Wildman–Crippen MR) is 112 cm³/mol. The van der Waals surface area contributed by atoms with E-state index in [2.05, 4.69) is 43.2 Å². The second-order valence-corrected chi connectivity index (χ2v) is 7.33. The van der Waals surface area contributed by atoms with Gasteiger partial charge in [-0.1, -0.05) is 13.0 Å². The Morgan fingerprint density at radius 1 is 1.21 bits per heavy atom. The Morgan fingerprint density at radius 2 is 2.14 bits per heavy atom. The molecule has 1 aliphatic heterocycles. The van der Waals surface area contributed by atoms with Crippen LogP contribution in [0.2, 0.25) is 0 Å². The first kappa shape index (κ1) is 19.5. The van der Waals surface area contributed by atoms with Crippen LogP contribution in [0.25, 0.3) is 11.4 Å². The second-order valence-electron chi connectivity index (χ2n) is 7.33. The molecule has 0 bridgehead atoms. The van der Waals surface area contributed by atoms with Crippen molar-refractivity contribution in [2.45, 2.75) is 32.4 Å². The van der Waals surface area contributed by atoms with Crippen molar-refractivity contribution in [1.82, 2.24) is 24.0 Å². The highest BCUT2D eigenvalue weighted by Gasteiger charge is 2.26. The monoisotopic (exact) mass is 395 g/mol. The molecule has 3 heterocycles. The Bertz CT molecular complexity index is 906. The molecule has 7 nitrogen and oxygen atoms in total. The van der Waals surface area contributed by atoms with E-state index in [4.69, 9.17) is 9.47 Å². The smallest absolute Gasteiger partial charge is 0.172 e. The van der Waals surface area contributed by atoms with Crippen molar-refractivity contribution in [2.75, 3.05) is 33.4 Å². The van der Waals surface area contributed by atoms with Crippen molar-refractivity contribution in [1.29, 1.82) is 0 Å². The summed E-state index contributed by atoms with van der Waals surface area (Å²) in [5, 5.41) is 0. The van der Waals surface area contributed by atoms with Crippen molar-refractivity contribution in [3.8, 4) is 22.9 Å². The third kappa shape index (κ3) is 4.29. The molecular formula is C22H29N5O2. The second kappa shape index (κ2) is 9.13. The van der Waals surface area contributed by atoms with Gasteiger partial charge in [0.25, 0.3) is 0 Å². The van der Waals surface area contributed by atoms with E-state index in [0.717, 1.165) is 61.9 Å². The van der Waals surface area contributed by atoms with Gasteiger partial charge in [0.2, 0.25) is 0 Å². The molecule has 7 heteroatoms. The summed E-state index contributed by atoms with van der Waals surface area (Å²) in [5.74, 6) is 2.44. The van der Waals surface area contributed by atoms with Gasteiger partial charge in [-0.3, -0.25) is 0 Å². The molecule has 0 saturated carbocycles. The number of hydrogen-bond donors (Lipinski definition) is 0. The van der Waals surface area contributed by atoms with Crippen molar-refractivity contribution >= 4 is 0 Å². The number of aromatic nitrogens is 4. The zero-order valence-corrected chi connectivity index (χ0v) is 17.2. The van der Waals surface area contributed by atoms with Crippen LogP contribution in [0.3, 0.4) is 0 Å². The number of rotatable bonds is 9. The number of aryl methyl sites for hydroxylation is 1. The molecule has 0 aliphatic carbocycles. The maximum absolute atomic E-state index is 6.22. The van der Waals surface area contributed by atoms with Gasteiger partial charge in [-0.25, -0.2) is 9.97 Å². The molecule has 3 aromatic rings. The highest BCUT2D eigenvalue weighted by Crippen LogP contribution is 2.39. The van der Waals surface area contributed by atoms with E-state index in [1.807, 2.05) is 30.9 Å². The van der Waals surface area contributed by atoms with Gasteiger partial charge in [-0.05, 0) is 31.5 Å². The highest BCUT2D eigenvalue weighted by molar-refractivity contribution is 5.69. The van der Waals surface area contributed by atoms with Crippen molar-refractivity contribution in [2.24, 2.45) is 0 Å². The maximum Gasteiger partial charge on any atom is 0.172 e. The van der Waals surface area contributed by atoms with E-state index < -0.39 is 0 Å². The van der Waals surface area contributed by atoms with Crippen molar-refractivity contribution in [3.05, 3.63) is 49.3 Å². The summed E-state index contributed by atoms with van der Waals surface area (Å²) >= 11 is 0. The van der Waals surface area contributed by atoms with Crippen molar-refractivity contribution < 1.29 is 9.47 Å². The first-order valence-corrected chi connectivity index (χ1v) is 10.3. The van der Waals surface area contributed by atoms with Crippen LogP contribution in [0, 0.1) is 0 Å². The minimum atomic E-state index is 0.438. The predicted octanol–water partition coefficient (Wildman–Crippen LogP) is 3.49. The molecule has 2 aromatic heterocycles. The normalized spacial score (nSPS) is 17.0. The molecule has 1 fully saturated rings. The van der Waals surface area contributed by atoms with Gasteiger partial charge in [0.05, 0.1) is 25.6 Å². The molecule has 1 atom stereocenters. The molecule has 4 rings (SSSR count). The van der Waals surface area contributed by atoms with E-state index >= 15 is 0 Å². The lowest BCUT2D eigenvalue weighted by Crippen LogP contribution is -2.21. The molecule has 1 aromatic carbocycles. The van der Waals surface area contributed by atoms with Gasteiger partial charge in [-0.15, -0.1) is 0 Å². The van der Waals surface area contributed by atoms with Crippen LogP contribution in [-0.4, -0.2) is 57.4 Å². The third-order valence-electron chi connectivity index (χ3n) is 5.56. The summed E-state index contributed by atoms with van der Waals surface area (Å²) in [6, 6.07) is 6.45. The molecule has 1 unspecified atom stereocenters. The number of likely N-dealkylation sites (N-methyl/N-ethyl adjacent to an activating group) is 1. The Kier molecular flexibility index (Phi) is 6.14. The quantitative estimate of drug-likeness (QED) is 0.519. The summed E-state index contributed by atoms with van der Waals surface area (Å²) < 4.78 is 16.2. The summed E-state index contributed by atoms with van der Waals surface area (Å²) in [4.78, 5) is 11.2. The van der Waals surface area contributed by atoms with Gasteiger partial charge < -0.3 is 23.5 Å². The Balaban J connectivity index is 1.54. The molecule has 29 heavy (non-hydrogen) atoms. The third-order valence-corrected chi connectivity index (χ3v) is 5.56. The Morgan fingerprint density at radius 3 is 2.90 bits per heavy atom. The zero-order valence-electron chi connectivity index (χ0n) is 17.2. The summed E-state index contributed by atoms with van der Waals surface area (Å²) in [6.45, 7) is 6.97.